The summed E-state index contributed by atoms with van der Waals surface area (Å²) in [6, 6.07) is 0. The van der Waals surface area contributed by atoms with Crippen molar-refractivity contribution in [3.8, 4) is 0 Å². The fraction of sp³-hybridized carbons (Fsp3) is 0.667. The lowest BCUT2D eigenvalue weighted by molar-refractivity contribution is 0.247. The molecule has 2 aliphatic rings. The summed E-state index contributed by atoms with van der Waals surface area (Å²) in [6.07, 6.45) is 6.52. The van der Waals surface area contributed by atoms with Gasteiger partial charge in [0.25, 0.3) is 0 Å². The molecule has 1 saturated carbocycles. The molecule has 0 spiro atoms. The van der Waals surface area contributed by atoms with E-state index in [-0.39, 0.29) is 0 Å². The van der Waals surface area contributed by atoms with Crippen LogP contribution >= 0.6 is 15.9 Å². The molecular weight excluding hydrogens is 280 g/mol. The van der Waals surface area contributed by atoms with Crippen molar-refractivity contribution < 1.29 is 0 Å². The summed E-state index contributed by atoms with van der Waals surface area (Å²) in [5.74, 6) is 1.85. The van der Waals surface area contributed by atoms with Crippen LogP contribution in [0.3, 0.4) is 0 Å². The Morgan fingerprint density at radius 3 is 2.35 bits per heavy atom. The van der Waals surface area contributed by atoms with Gasteiger partial charge < -0.3 is 4.90 Å². The molecule has 2 fully saturated rings. The van der Waals surface area contributed by atoms with Crippen molar-refractivity contribution in [3.63, 3.8) is 0 Å². The highest BCUT2D eigenvalue weighted by atomic mass is 79.9. The third-order valence-corrected chi connectivity index (χ3v) is 3.88. The molecule has 1 aromatic heterocycles. The molecule has 0 bridgehead atoms. The minimum atomic E-state index is 0.860. The van der Waals surface area contributed by atoms with E-state index in [1.54, 1.807) is 0 Å². The van der Waals surface area contributed by atoms with Gasteiger partial charge in [0.2, 0.25) is 5.95 Å². The molecule has 0 aromatic carbocycles. The number of piperazine rings is 1. The highest BCUT2D eigenvalue weighted by molar-refractivity contribution is 9.10. The van der Waals surface area contributed by atoms with E-state index in [1.807, 2.05) is 12.4 Å². The van der Waals surface area contributed by atoms with Crippen molar-refractivity contribution in [2.24, 2.45) is 5.92 Å². The van der Waals surface area contributed by atoms with Crippen LogP contribution in [0, 0.1) is 5.92 Å². The van der Waals surface area contributed by atoms with Gasteiger partial charge in [0.15, 0.2) is 0 Å². The van der Waals surface area contributed by atoms with Gasteiger partial charge in [-0.1, -0.05) is 0 Å². The van der Waals surface area contributed by atoms with Crippen LogP contribution in [0.1, 0.15) is 12.8 Å². The first-order chi connectivity index (χ1) is 8.31. The molecule has 1 aromatic rings. The Hall–Kier alpha value is -0.680. The topological polar surface area (TPSA) is 32.3 Å². The molecule has 2 heterocycles. The fourth-order valence-corrected chi connectivity index (χ4v) is 2.47. The quantitative estimate of drug-likeness (QED) is 0.851. The van der Waals surface area contributed by atoms with E-state index in [4.69, 9.17) is 0 Å². The van der Waals surface area contributed by atoms with Crippen LogP contribution in [-0.2, 0) is 0 Å². The summed E-state index contributed by atoms with van der Waals surface area (Å²) in [5, 5.41) is 0. The molecule has 4 nitrogen and oxygen atoms in total. The summed E-state index contributed by atoms with van der Waals surface area (Å²) in [4.78, 5) is 13.5. The number of nitrogens with zero attached hydrogens (tertiary/aromatic N) is 4. The van der Waals surface area contributed by atoms with E-state index in [9.17, 15) is 0 Å². The molecule has 1 aliphatic carbocycles. The maximum Gasteiger partial charge on any atom is 0.225 e. The molecule has 0 amide bonds. The van der Waals surface area contributed by atoms with Crippen LogP contribution in [-0.4, -0.2) is 47.6 Å². The van der Waals surface area contributed by atoms with Crippen molar-refractivity contribution in [1.82, 2.24) is 14.9 Å². The first-order valence-corrected chi connectivity index (χ1v) is 7.05. The maximum atomic E-state index is 4.35. The SMILES string of the molecule is Brc1cnc(N2CCN(CC3CC3)CC2)nc1. The van der Waals surface area contributed by atoms with Gasteiger partial charge in [-0.15, -0.1) is 0 Å². The summed E-state index contributed by atoms with van der Waals surface area (Å²) >= 11 is 3.36. The highest BCUT2D eigenvalue weighted by Crippen LogP contribution is 2.30. The Kier molecular flexibility index (Phi) is 3.29. The van der Waals surface area contributed by atoms with Crippen molar-refractivity contribution in [1.29, 1.82) is 0 Å². The van der Waals surface area contributed by atoms with Crippen LogP contribution < -0.4 is 4.90 Å². The number of rotatable bonds is 3. The lowest BCUT2D eigenvalue weighted by Crippen LogP contribution is -2.47. The van der Waals surface area contributed by atoms with E-state index >= 15 is 0 Å². The third-order valence-electron chi connectivity index (χ3n) is 3.48. The molecule has 92 valence electrons. The normalized spacial score (nSPS) is 21.8. The molecule has 1 aliphatic heterocycles. The number of hydrogen-bond donors (Lipinski definition) is 0. The molecular formula is C12H17BrN4. The molecule has 0 radical (unpaired) electrons. The number of halogens is 1. The second-order valence-corrected chi connectivity index (χ2v) is 5.85. The number of aromatic nitrogens is 2. The Bertz CT molecular complexity index is 369. The van der Waals surface area contributed by atoms with E-state index < -0.39 is 0 Å². The average molecular weight is 297 g/mol. The molecule has 1 saturated heterocycles. The monoisotopic (exact) mass is 296 g/mol. The van der Waals surface area contributed by atoms with Gasteiger partial charge in [0, 0.05) is 45.1 Å². The summed E-state index contributed by atoms with van der Waals surface area (Å²) < 4.78 is 0.939. The van der Waals surface area contributed by atoms with Gasteiger partial charge in [-0.25, -0.2) is 9.97 Å². The summed E-state index contributed by atoms with van der Waals surface area (Å²) in [7, 11) is 0. The summed E-state index contributed by atoms with van der Waals surface area (Å²) in [5.41, 5.74) is 0. The van der Waals surface area contributed by atoms with Crippen LogP contribution in [0.15, 0.2) is 16.9 Å². The van der Waals surface area contributed by atoms with E-state index in [0.29, 0.717) is 0 Å². The van der Waals surface area contributed by atoms with Crippen LogP contribution in [0.5, 0.6) is 0 Å². The summed E-state index contributed by atoms with van der Waals surface area (Å²) in [6.45, 7) is 5.70. The van der Waals surface area contributed by atoms with Gasteiger partial charge in [-0.3, -0.25) is 4.90 Å². The molecule has 17 heavy (non-hydrogen) atoms. The fourth-order valence-electron chi connectivity index (χ4n) is 2.26. The smallest absolute Gasteiger partial charge is 0.225 e. The number of hydrogen-bond acceptors (Lipinski definition) is 4. The zero-order valence-corrected chi connectivity index (χ0v) is 11.4. The van der Waals surface area contributed by atoms with Crippen molar-refractivity contribution in [2.75, 3.05) is 37.6 Å². The standard InChI is InChI=1S/C12H17BrN4/c13-11-7-14-12(15-8-11)17-5-3-16(4-6-17)9-10-1-2-10/h7-8,10H,1-6,9H2. The molecule has 0 unspecified atom stereocenters. The van der Waals surface area contributed by atoms with Crippen LogP contribution in [0.2, 0.25) is 0 Å². The highest BCUT2D eigenvalue weighted by Gasteiger charge is 2.26. The lowest BCUT2D eigenvalue weighted by atomic mass is 10.3. The van der Waals surface area contributed by atoms with Gasteiger partial charge in [0.1, 0.15) is 0 Å². The van der Waals surface area contributed by atoms with Crippen molar-refractivity contribution >= 4 is 21.9 Å². The first kappa shape index (κ1) is 11.4. The van der Waals surface area contributed by atoms with E-state index in [1.165, 1.54) is 19.4 Å². The van der Waals surface area contributed by atoms with Crippen LogP contribution in [0.25, 0.3) is 0 Å². The predicted molar refractivity (Wildman–Crippen MR) is 71.1 cm³/mol. The second-order valence-electron chi connectivity index (χ2n) is 4.93. The van der Waals surface area contributed by atoms with Gasteiger partial charge in [-0.2, -0.15) is 0 Å². The van der Waals surface area contributed by atoms with E-state index in [0.717, 1.165) is 42.5 Å². The second kappa shape index (κ2) is 4.90. The maximum absolute atomic E-state index is 4.35. The Morgan fingerprint density at radius 2 is 1.76 bits per heavy atom. The van der Waals surface area contributed by atoms with Crippen LogP contribution in [0.4, 0.5) is 5.95 Å². The first-order valence-electron chi connectivity index (χ1n) is 6.26. The molecule has 0 N–H and O–H groups in total. The van der Waals surface area contributed by atoms with Crippen molar-refractivity contribution in [3.05, 3.63) is 16.9 Å². The zero-order valence-electron chi connectivity index (χ0n) is 9.85. The largest absolute Gasteiger partial charge is 0.338 e. The Morgan fingerprint density at radius 1 is 1.12 bits per heavy atom. The Balaban J connectivity index is 1.54. The van der Waals surface area contributed by atoms with Gasteiger partial charge in [0.05, 0.1) is 4.47 Å². The Labute approximate surface area is 110 Å². The number of anilines is 1. The van der Waals surface area contributed by atoms with E-state index in [2.05, 4.69) is 35.7 Å². The minimum absolute atomic E-state index is 0.860. The molecule has 3 rings (SSSR count). The molecule has 5 heteroatoms. The lowest BCUT2D eigenvalue weighted by Gasteiger charge is -2.34. The van der Waals surface area contributed by atoms with Crippen molar-refractivity contribution in [2.45, 2.75) is 12.8 Å². The average Bonchev–Trinajstić information content (AvgIpc) is 3.15. The zero-order chi connectivity index (χ0) is 11.7. The van der Waals surface area contributed by atoms with Gasteiger partial charge >= 0.3 is 0 Å². The molecule has 0 atom stereocenters. The van der Waals surface area contributed by atoms with Gasteiger partial charge in [-0.05, 0) is 34.7 Å². The predicted octanol–water partition coefficient (Wildman–Crippen LogP) is 1.77. The third kappa shape index (κ3) is 2.96. The minimum Gasteiger partial charge on any atom is -0.338 e.